The van der Waals surface area contributed by atoms with Crippen molar-refractivity contribution in [3.63, 3.8) is 0 Å². The molecule has 3 heterocycles. The first kappa shape index (κ1) is 17.8. The fraction of sp³-hybridized carbons (Fsp3) is 0.444. The van der Waals surface area contributed by atoms with Gasteiger partial charge in [0.05, 0.1) is 11.6 Å². The molecule has 0 bridgehead atoms. The average Bonchev–Trinajstić information content (AvgIpc) is 3.27. The second-order valence-electron chi connectivity index (χ2n) is 6.91. The maximum absolute atomic E-state index is 12.9. The van der Waals surface area contributed by atoms with Crippen molar-refractivity contribution in [2.75, 3.05) is 19.6 Å². The van der Waals surface area contributed by atoms with Gasteiger partial charge in [-0.05, 0) is 25.0 Å². The number of hydrogen-bond donors (Lipinski definition) is 1. The van der Waals surface area contributed by atoms with Crippen molar-refractivity contribution in [3.05, 3.63) is 41.6 Å². The molecule has 2 saturated heterocycles. The van der Waals surface area contributed by atoms with E-state index in [1.807, 2.05) is 0 Å². The molecule has 2 fully saturated rings. The summed E-state index contributed by atoms with van der Waals surface area (Å²) >= 11 is 0. The van der Waals surface area contributed by atoms with E-state index >= 15 is 0 Å². The number of piperazine rings is 1. The average molecular weight is 381 g/mol. The molecular formula is C18H18F3N3O3. The summed E-state index contributed by atoms with van der Waals surface area (Å²) in [6.45, 7) is 1.50. The lowest BCUT2D eigenvalue weighted by Crippen LogP contribution is -2.52. The summed E-state index contributed by atoms with van der Waals surface area (Å²) < 4.78 is 44.1. The number of amides is 1. The van der Waals surface area contributed by atoms with Gasteiger partial charge in [-0.1, -0.05) is 17.3 Å². The van der Waals surface area contributed by atoms with Crippen molar-refractivity contribution in [2.24, 2.45) is 0 Å². The molecule has 144 valence electrons. The number of benzene rings is 1. The third-order valence-electron chi connectivity index (χ3n) is 5.32. The van der Waals surface area contributed by atoms with E-state index in [1.54, 1.807) is 12.1 Å². The summed E-state index contributed by atoms with van der Waals surface area (Å²) in [7, 11) is 0. The van der Waals surface area contributed by atoms with E-state index in [-0.39, 0.29) is 12.1 Å². The number of aromatic nitrogens is 1. The number of fused-ring (bicyclic) bond motifs is 1. The number of nitrogens with zero attached hydrogens (tertiary/aromatic N) is 3. The highest BCUT2D eigenvalue weighted by Gasteiger charge is 2.40. The van der Waals surface area contributed by atoms with E-state index in [1.165, 1.54) is 11.0 Å². The molecule has 6 nitrogen and oxygen atoms in total. The fourth-order valence-corrected chi connectivity index (χ4v) is 3.98. The third kappa shape index (κ3) is 3.39. The van der Waals surface area contributed by atoms with E-state index in [2.05, 4.69) is 10.1 Å². The summed E-state index contributed by atoms with van der Waals surface area (Å²) in [5, 5.41) is 13.2. The Morgan fingerprint density at radius 3 is 2.78 bits per heavy atom. The van der Waals surface area contributed by atoms with Crippen LogP contribution < -0.4 is 0 Å². The van der Waals surface area contributed by atoms with Gasteiger partial charge in [-0.15, -0.1) is 0 Å². The van der Waals surface area contributed by atoms with Gasteiger partial charge < -0.3 is 14.5 Å². The Labute approximate surface area is 153 Å². The van der Waals surface area contributed by atoms with Crippen molar-refractivity contribution in [1.29, 1.82) is 0 Å². The highest BCUT2D eigenvalue weighted by atomic mass is 19.4. The quantitative estimate of drug-likeness (QED) is 0.856. The van der Waals surface area contributed by atoms with Gasteiger partial charge >= 0.3 is 12.3 Å². The van der Waals surface area contributed by atoms with Crippen molar-refractivity contribution in [2.45, 2.75) is 31.1 Å². The molecular weight excluding hydrogens is 363 g/mol. The van der Waals surface area contributed by atoms with Crippen molar-refractivity contribution >= 4 is 6.09 Å². The van der Waals surface area contributed by atoms with Gasteiger partial charge in [-0.3, -0.25) is 4.90 Å². The highest BCUT2D eigenvalue weighted by Crippen LogP contribution is 2.39. The highest BCUT2D eigenvalue weighted by molar-refractivity contribution is 5.65. The largest absolute Gasteiger partial charge is 0.465 e. The standard InChI is InChI=1S/C18H18F3N3O3/c19-18(20,21)12-3-1-2-11(8-12)16-9-14(22-27-16)15-5-4-13-10-23(17(25)26)6-7-24(13)15/h1-3,8-9,13,15H,4-7,10H2,(H,25,26)/t13-,15+/m0/s1. The third-order valence-corrected chi connectivity index (χ3v) is 5.32. The van der Waals surface area contributed by atoms with Gasteiger partial charge in [-0.2, -0.15) is 13.2 Å². The minimum absolute atomic E-state index is 0.00533. The molecule has 1 aromatic heterocycles. The lowest BCUT2D eigenvalue weighted by Gasteiger charge is -2.38. The zero-order valence-electron chi connectivity index (χ0n) is 14.3. The summed E-state index contributed by atoms with van der Waals surface area (Å²) in [5.74, 6) is 0.295. The topological polar surface area (TPSA) is 69.8 Å². The molecule has 1 amide bonds. The van der Waals surface area contributed by atoms with Crippen LogP contribution in [-0.4, -0.2) is 51.8 Å². The Kier molecular flexibility index (Phi) is 4.33. The SMILES string of the molecule is O=C(O)N1CCN2[C@@H](CC[C@@H]2c2cc(-c3cccc(C(F)(F)F)c3)on2)C1. The predicted molar refractivity (Wildman–Crippen MR) is 89.0 cm³/mol. The van der Waals surface area contributed by atoms with Crippen molar-refractivity contribution in [3.8, 4) is 11.3 Å². The predicted octanol–water partition coefficient (Wildman–Crippen LogP) is 3.86. The molecule has 0 unspecified atom stereocenters. The van der Waals surface area contributed by atoms with E-state index in [0.717, 1.165) is 25.0 Å². The first-order chi connectivity index (χ1) is 12.8. The van der Waals surface area contributed by atoms with Crippen LogP contribution in [0.25, 0.3) is 11.3 Å². The first-order valence-electron chi connectivity index (χ1n) is 8.71. The summed E-state index contributed by atoms with van der Waals surface area (Å²) in [6.07, 6.45) is -3.67. The van der Waals surface area contributed by atoms with E-state index in [4.69, 9.17) is 9.63 Å². The molecule has 0 radical (unpaired) electrons. The van der Waals surface area contributed by atoms with Gasteiger partial charge in [0.2, 0.25) is 0 Å². The Morgan fingerprint density at radius 2 is 2.04 bits per heavy atom. The molecule has 0 spiro atoms. The van der Waals surface area contributed by atoms with E-state index in [9.17, 15) is 18.0 Å². The normalized spacial score (nSPS) is 23.4. The molecule has 1 N–H and O–H groups in total. The van der Waals surface area contributed by atoms with Gasteiger partial charge in [-0.25, -0.2) is 4.79 Å². The van der Waals surface area contributed by atoms with Gasteiger partial charge in [0, 0.05) is 37.3 Å². The summed E-state index contributed by atoms with van der Waals surface area (Å²) in [5.41, 5.74) is 0.270. The van der Waals surface area contributed by atoms with Crippen LogP contribution in [0.2, 0.25) is 0 Å². The first-order valence-corrected chi connectivity index (χ1v) is 8.71. The Hall–Kier alpha value is -2.55. The molecule has 2 aliphatic heterocycles. The summed E-state index contributed by atoms with van der Waals surface area (Å²) in [4.78, 5) is 14.8. The zero-order valence-corrected chi connectivity index (χ0v) is 14.3. The number of alkyl halides is 3. The van der Waals surface area contributed by atoms with Crippen LogP contribution in [0, 0.1) is 0 Å². The summed E-state index contributed by atoms with van der Waals surface area (Å²) in [6, 6.07) is 6.78. The Morgan fingerprint density at radius 1 is 1.22 bits per heavy atom. The minimum atomic E-state index is -4.42. The maximum atomic E-state index is 12.9. The molecule has 0 saturated carbocycles. The number of rotatable bonds is 2. The molecule has 9 heteroatoms. The zero-order chi connectivity index (χ0) is 19.2. The molecule has 4 rings (SSSR count). The lowest BCUT2D eigenvalue weighted by atomic mass is 10.1. The van der Waals surface area contributed by atoms with Crippen molar-refractivity contribution < 1.29 is 27.6 Å². The number of carboxylic acid groups (broad SMARTS) is 1. The van der Waals surface area contributed by atoms with Crippen LogP contribution in [0.4, 0.5) is 18.0 Å². The molecule has 2 aliphatic rings. The van der Waals surface area contributed by atoms with Crippen LogP contribution in [0.5, 0.6) is 0 Å². The van der Waals surface area contributed by atoms with Gasteiger partial charge in [0.25, 0.3) is 0 Å². The molecule has 2 aromatic rings. The number of carbonyl (C=O) groups is 1. The van der Waals surface area contributed by atoms with Crippen molar-refractivity contribution in [1.82, 2.24) is 15.0 Å². The van der Waals surface area contributed by atoms with Crippen LogP contribution in [0.1, 0.15) is 30.1 Å². The number of halogens is 3. The Balaban J connectivity index is 1.53. The van der Waals surface area contributed by atoms with Crippen LogP contribution in [-0.2, 0) is 6.18 Å². The smallest absolute Gasteiger partial charge is 0.416 e. The number of hydrogen-bond acceptors (Lipinski definition) is 4. The molecule has 2 atom stereocenters. The Bertz CT molecular complexity index is 852. The van der Waals surface area contributed by atoms with E-state index < -0.39 is 17.8 Å². The molecule has 1 aromatic carbocycles. The molecule has 0 aliphatic carbocycles. The van der Waals surface area contributed by atoms with Gasteiger partial charge in [0.15, 0.2) is 5.76 Å². The second kappa shape index (κ2) is 6.56. The minimum Gasteiger partial charge on any atom is -0.465 e. The monoisotopic (exact) mass is 381 g/mol. The van der Waals surface area contributed by atoms with Crippen LogP contribution in [0.3, 0.4) is 0 Å². The second-order valence-corrected chi connectivity index (χ2v) is 6.91. The van der Waals surface area contributed by atoms with Crippen LogP contribution in [0.15, 0.2) is 34.9 Å². The maximum Gasteiger partial charge on any atom is 0.416 e. The van der Waals surface area contributed by atoms with Crippen LogP contribution >= 0.6 is 0 Å². The van der Waals surface area contributed by atoms with Gasteiger partial charge in [0.1, 0.15) is 5.69 Å². The molecule has 27 heavy (non-hydrogen) atoms. The lowest BCUT2D eigenvalue weighted by molar-refractivity contribution is -0.137. The fourth-order valence-electron chi connectivity index (χ4n) is 3.98. The van der Waals surface area contributed by atoms with E-state index in [0.29, 0.717) is 36.7 Å².